The van der Waals surface area contributed by atoms with Gasteiger partial charge in [0, 0.05) is 29.6 Å². The van der Waals surface area contributed by atoms with Gasteiger partial charge in [0.15, 0.2) is 5.76 Å². The Morgan fingerprint density at radius 1 is 1.06 bits per heavy atom. The van der Waals surface area contributed by atoms with E-state index in [2.05, 4.69) is 10.1 Å². The minimum Gasteiger partial charge on any atom is -0.494 e. The van der Waals surface area contributed by atoms with Crippen molar-refractivity contribution in [3.63, 3.8) is 0 Å². The van der Waals surface area contributed by atoms with Crippen LogP contribution < -0.4 is 4.74 Å². The summed E-state index contributed by atoms with van der Waals surface area (Å²) in [5, 5.41) is 4.78. The molecule has 4 aromatic rings. The van der Waals surface area contributed by atoms with Gasteiger partial charge in [-0.05, 0) is 62.7 Å². The molecule has 0 saturated heterocycles. The van der Waals surface area contributed by atoms with Crippen molar-refractivity contribution in [1.82, 2.24) is 14.4 Å². The van der Waals surface area contributed by atoms with Crippen LogP contribution in [0.5, 0.6) is 5.75 Å². The van der Waals surface area contributed by atoms with Gasteiger partial charge in [-0.1, -0.05) is 25.4 Å². The third-order valence-electron chi connectivity index (χ3n) is 5.70. The summed E-state index contributed by atoms with van der Waals surface area (Å²) in [5.74, 6) is 1.86. The van der Waals surface area contributed by atoms with Crippen LogP contribution in [0.15, 0.2) is 56.3 Å². The van der Waals surface area contributed by atoms with Gasteiger partial charge in [0.2, 0.25) is 15.8 Å². The lowest BCUT2D eigenvalue weighted by molar-refractivity contribution is 0.340. The molecule has 180 valence electrons. The van der Waals surface area contributed by atoms with Gasteiger partial charge in [-0.25, -0.2) is 8.42 Å². The SMILES string of the molecule is CCCCN(CC)S(=O)(=O)c1ccc2oc(-c3nc(-c4ccc(OCC)cc4)no3)c(C)c2c1. The lowest BCUT2D eigenvalue weighted by atomic mass is 10.1. The van der Waals surface area contributed by atoms with Crippen LogP contribution >= 0.6 is 0 Å². The van der Waals surface area contributed by atoms with Crippen molar-refractivity contribution in [2.75, 3.05) is 19.7 Å². The molecule has 0 aliphatic heterocycles. The van der Waals surface area contributed by atoms with E-state index in [1.54, 1.807) is 18.2 Å². The highest BCUT2D eigenvalue weighted by Crippen LogP contribution is 2.35. The van der Waals surface area contributed by atoms with Crippen LogP contribution in [0, 0.1) is 6.92 Å². The highest BCUT2D eigenvalue weighted by molar-refractivity contribution is 7.89. The van der Waals surface area contributed by atoms with E-state index >= 15 is 0 Å². The number of benzene rings is 2. The van der Waals surface area contributed by atoms with E-state index in [0.29, 0.717) is 42.3 Å². The van der Waals surface area contributed by atoms with Gasteiger partial charge >= 0.3 is 0 Å². The third kappa shape index (κ3) is 4.58. The summed E-state index contributed by atoms with van der Waals surface area (Å²) >= 11 is 0. The standard InChI is InChI=1S/C25H29N3O5S/c1-5-8-15-28(6-2)34(29,30)20-13-14-22-21(16-20)17(4)23(32-22)25-26-24(27-33-25)18-9-11-19(12-10-18)31-7-3/h9-14,16H,5-8,15H2,1-4H3. The normalized spacial score (nSPS) is 12.0. The summed E-state index contributed by atoms with van der Waals surface area (Å²) in [4.78, 5) is 4.73. The van der Waals surface area contributed by atoms with Crippen molar-refractivity contribution in [2.45, 2.75) is 45.4 Å². The number of unbranched alkanes of at least 4 members (excludes halogenated alkanes) is 1. The lowest BCUT2D eigenvalue weighted by Gasteiger charge is -2.20. The third-order valence-corrected chi connectivity index (χ3v) is 7.67. The maximum Gasteiger partial charge on any atom is 0.294 e. The van der Waals surface area contributed by atoms with Crippen LogP contribution in [0.1, 0.15) is 39.2 Å². The number of sulfonamides is 1. The van der Waals surface area contributed by atoms with Crippen molar-refractivity contribution in [1.29, 1.82) is 0 Å². The zero-order valence-electron chi connectivity index (χ0n) is 19.9. The zero-order chi connectivity index (χ0) is 24.3. The van der Waals surface area contributed by atoms with Crippen molar-refractivity contribution >= 4 is 21.0 Å². The van der Waals surface area contributed by atoms with Crippen LogP contribution in [0.3, 0.4) is 0 Å². The molecule has 34 heavy (non-hydrogen) atoms. The first-order chi connectivity index (χ1) is 16.4. The molecule has 2 heterocycles. The second-order valence-corrected chi connectivity index (χ2v) is 9.88. The lowest BCUT2D eigenvalue weighted by Crippen LogP contribution is -2.31. The highest BCUT2D eigenvalue weighted by Gasteiger charge is 2.25. The van der Waals surface area contributed by atoms with E-state index in [4.69, 9.17) is 13.7 Å². The molecular formula is C25H29N3O5S. The van der Waals surface area contributed by atoms with Gasteiger partial charge in [0.05, 0.1) is 11.5 Å². The molecule has 4 rings (SSSR count). The number of rotatable bonds is 10. The number of fused-ring (bicyclic) bond motifs is 1. The Bertz CT molecular complexity index is 1370. The Hall–Kier alpha value is -3.17. The van der Waals surface area contributed by atoms with Crippen LogP contribution in [-0.4, -0.2) is 42.6 Å². The second-order valence-electron chi connectivity index (χ2n) is 7.94. The monoisotopic (exact) mass is 483 g/mol. The minimum absolute atomic E-state index is 0.236. The predicted molar refractivity (Wildman–Crippen MR) is 130 cm³/mol. The molecule has 2 aromatic carbocycles. The molecule has 0 aliphatic rings. The Labute approximate surface area is 199 Å². The van der Waals surface area contributed by atoms with Gasteiger partial charge in [-0.3, -0.25) is 0 Å². The average molecular weight is 484 g/mol. The molecule has 0 aliphatic carbocycles. The van der Waals surface area contributed by atoms with Crippen molar-refractivity contribution < 1.29 is 22.1 Å². The Morgan fingerprint density at radius 3 is 2.50 bits per heavy atom. The van der Waals surface area contributed by atoms with Crippen LogP contribution in [0.25, 0.3) is 34.0 Å². The molecule has 0 saturated carbocycles. The molecular weight excluding hydrogens is 454 g/mol. The molecule has 2 aromatic heterocycles. The van der Waals surface area contributed by atoms with E-state index in [-0.39, 0.29) is 10.8 Å². The molecule has 0 radical (unpaired) electrons. The van der Waals surface area contributed by atoms with Gasteiger partial charge in [0.1, 0.15) is 11.3 Å². The molecule has 0 atom stereocenters. The highest BCUT2D eigenvalue weighted by atomic mass is 32.2. The summed E-state index contributed by atoms with van der Waals surface area (Å²) in [7, 11) is -3.60. The number of furan rings is 1. The van der Waals surface area contributed by atoms with Crippen LogP contribution in [0.4, 0.5) is 0 Å². The average Bonchev–Trinajstić information content (AvgIpc) is 3.45. The number of ether oxygens (including phenoxy) is 1. The minimum atomic E-state index is -3.60. The first-order valence-electron chi connectivity index (χ1n) is 11.5. The van der Waals surface area contributed by atoms with E-state index in [9.17, 15) is 8.42 Å². The molecule has 0 fully saturated rings. The van der Waals surface area contributed by atoms with Crippen molar-refractivity contribution in [2.24, 2.45) is 0 Å². The van der Waals surface area contributed by atoms with Gasteiger partial charge in [-0.15, -0.1) is 0 Å². The fourth-order valence-corrected chi connectivity index (χ4v) is 5.31. The summed E-state index contributed by atoms with van der Waals surface area (Å²) in [6.45, 7) is 9.19. The fourth-order valence-electron chi connectivity index (χ4n) is 3.80. The van der Waals surface area contributed by atoms with Gasteiger partial charge in [0.25, 0.3) is 5.89 Å². The Morgan fingerprint density at radius 2 is 1.82 bits per heavy atom. The number of hydrogen-bond donors (Lipinski definition) is 0. The molecule has 0 amide bonds. The fraction of sp³-hybridized carbons (Fsp3) is 0.360. The molecule has 9 heteroatoms. The number of nitrogens with zero attached hydrogens (tertiary/aromatic N) is 3. The van der Waals surface area contributed by atoms with Crippen molar-refractivity contribution in [3.05, 3.63) is 48.0 Å². The van der Waals surface area contributed by atoms with Crippen molar-refractivity contribution in [3.8, 4) is 28.8 Å². The molecule has 0 spiro atoms. The van der Waals surface area contributed by atoms with E-state index < -0.39 is 10.0 Å². The summed E-state index contributed by atoms with van der Waals surface area (Å²) in [6.07, 6.45) is 1.75. The summed E-state index contributed by atoms with van der Waals surface area (Å²) < 4.78 is 44.8. The van der Waals surface area contributed by atoms with Gasteiger partial charge < -0.3 is 13.7 Å². The first-order valence-corrected chi connectivity index (χ1v) is 12.9. The quantitative estimate of drug-likeness (QED) is 0.287. The molecule has 0 unspecified atom stereocenters. The summed E-state index contributed by atoms with van der Waals surface area (Å²) in [6, 6.07) is 12.3. The van der Waals surface area contributed by atoms with Crippen LogP contribution in [0.2, 0.25) is 0 Å². The maximum absolute atomic E-state index is 13.2. The van der Waals surface area contributed by atoms with E-state index in [1.165, 1.54) is 4.31 Å². The van der Waals surface area contributed by atoms with Gasteiger partial charge in [-0.2, -0.15) is 9.29 Å². The molecule has 0 N–H and O–H groups in total. The number of aryl methyl sites for hydroxylation is 1. The van der Waals surface area contributed by atoms with Crippen LogP contribution in [-0.2, 0) is 10.0 Å². The second kappa shape index (κ2) is 9.99. The van der Waals surface area contributed by atoms with E-state index in [1.807, 2.05) is 52.0 Å². The molecule has 8 nitrogen and oxygen atoms in total. The predicted octanol–water partition coefficient (Wildman–Crippen LogP) is 5.67. The Kier molecular flexibility index (Phi) is 7.04. The first kappa shape index (κ1) is 24.0. The Balaban J connectivity index is 1.66. The number of aromatic nitrogens is 2. The summed E-state index contributed by atoms with van der Waals surface area (Å²) in [5.41, 5.74) is 2.08. The largest absolute Gasteiger partial charge is 0.494 e. The maximum atomic E-state index is 13.2. The zero-order valence-corrected chi connectivity index (χ0v) is 20.7. The smallest absolute Gasteiger partial charge is 0.294 e. The topological polar surface area (TPSA) is 98.7 Å². The van der Waals surface area contributed by atoms with E-state index in [0.717, 1.165) is 29.7 Å². The number of hydrogen-bond acceptors (Lipinski definition) is 7. The molecule has 0 bridgehead atoms.